The summed E-state index contributed by atoms with van der Waals surface area (Å²) >= 11 is 0. The molecule has 0 nitrogen and oxygen atoms in total. The molecule has 1 aliphatic heterocycles. The lowest BCUT2D eigenvalue weighted by molar-refractivity contribution is 0.594. The largest absolute Gasteiger partial charge is 0.0691 e. The van der Waals surface area contributed by atoms with Gasteiger partial charge in [0.2, 0.25) is 0 Å². The molecule has 0 saturated carbocycles. The van der Waals surface area contributed by atoms with Crippen LogP contribution in [0.3, 0.4) is 0 Å². The summed E-state index contributed by atoms with van der Waals surface area (Å²) in [5, 5.41) is 0. The number of rotatable bonds is 5. The standard InChI is InChI=1S/C17H27Si/c1-3-4-8-13-18(2)14-11-17(12-15-18)16-9-6-5-7-10-16/h6-7,9-10,17H,3-4,8,11-15H2,1-2H3. The van der Waals surface area contributed by atoms with Crippen molar-refractivity contribution in [3.63, 3.8) is 0 Å². The van der Waals surface area contributed by atoms with E-state index in [1.54, 1.807) is 23.7 Å². The fraction of sp³-hybridized carbons (Fsp3) is 0.647. The second-order valence-corrected chi connectivity index (χ2v) is 11.5. The minimum absolute atomic E-state index is 0.839. The van der Waals surface area contributed by atoms with Gasteiger partial charge in [0.1, 0.15) is 0 Å². The maximum atomic E-state index is 3.13. The van der Waals surface area contributed by atoms with Gasteiger partial charge in [-0.25, -0.2) is 0 Å². The molecule has 1 saturated heterocycles. The van der Waals surface area contributed by atoms with E-state index >= 15 is 0 Å². The van der Waals surface area contributed by atoms with Crippen molar-refractivity contribution in [1.29, 1.82) is 0 Å². The van der Waals surface area contributed by atoms with Crippen LogP contribution in [0.5, 0.6) is 0 Å². The lowest BCUT2D eigenvalue weighted by Crippen LogP contribution is -2.34. The molecular formula is C17H27Si. The van der Waals surface area contributed by atoms with Crippen LogP contribution in [0, 0.1) is 6.07 Å². The van der Waals surface area contributed by atoms with Crippen LogP contribution < -0.4 is 0 Å². The van der Waals surface area contributed by atoms with Crippen molar-refractivity contribution in [2.45, 2.75) is 69.6 Å². The van der Waals surface area contributed by atoms with E-state index in [1.807, 2.05) is 0 Å². The summed E-state index contributed by atoms with van der Waals surface area (Å²) in [4.78, 5) is 0. The Morgan fingerprint density at radius 1 is 1.17 bits per heavy atom. The zero-order chi connectivity index (χ0) is 12.8. The Morgan fingerprint density at radius 2 is 1.83 bits per heavy atom. The van der Waals surface area contributed by atoms with Gasteiger partial charge in [0, 0.05) is 0 Å². The third kappa shape index (κ3) is 3.71. The third-order valence-corrected chi connectivity index (χ3v) is 9.34. The molecule has 1 radical (unpaired) electrons. The van der Waals surface area contributed by atoms with Crippen molar-refractivity contribution >= 4 is 8.07 Å². The number of benzene rings is 1. The monoisotopic (exact) mass is 259 g/mol. The van der Waals surface area contributed by atoms with E-state index < -0.39 is 8.07 Å². The molecule has 1 fully saturated rings. The molecule has 0 amide bonds. The molecule has 1 aromatic rings. The van der Waals surface area contributed by atoms with Gasteiger partial charge >= 0.3 is 0 Å². The van der Waals surface area contributed by atoms with Crippen molar-refractivity contribution in [1.82, 2.24) is 0 Å². The maximum absolute atomic E-state index is 3.13. The molecule has 0 atom stereocenters. The summed E-state index contributed by atoms with van der Waals surface area (Å²) in [6.07, 6.45) is 7.19. The van der Waals surface area contributed by atoms with Crippen molar-refractivity contribution in [3.8, 4) is 0 Å². The van der Waals surface area contributed by atoms with E-state index in [-0.39, 0.29) is 0 Å². The van der Waals surface area contributed by atoms with Gasteiger partial charge in [-0.2, -0.15) is 0 Å². The zero-order valence-electron chi connectivity index (χ0n) is 12.0. The molecule has 0 bridgehead atoms. The highest BCUT2D eigenvalue weighted by atomic mass is 28.3. The molecule has 1 aromatic carbocycles. The first-order valence-electron chi connectivity index (χ1n) is 7.69. The van der Waals surface area contributed by atoms with Gasteiger partial charge in [0.05, 0.1) is 8.07 Å². The van der Waals surface area contributed by atoms with E-state index in [4.69, 9.17) is 0 Å². The highest BCUT2D eigenvalue weighted by molar-refractivity contribution is 6.78. The molecule has 0 N–H and O–H groups in total. The minimum atomic E-state index is -0.856. The Bertz CT molecular complexity index is 336. The number of hydrogen-bond acceptors (Lipinski definition) is 0. The van der Waals surface area contributed by atoms with Crippen molar-refractivity contribution in [2.75, 3.05) is 0 Å². The predicted octanol–water partition coefficient (Wildman–Crippen LogP) is 5.63. The van der Waals surface area contributed by atoms with Crippen LogP contribution in [0.15, 0.2) is 24.3 Å². The predicted molar refractivity (Wildman–Crippen MR) is 82.8 cm³/mol. The molecule has 0 unspecified atom stereocenters. The molecule has 1 aliphatic rings. The summed E-state index contributed by atoms with van der Waals surface area (Å²) in [7, 11) is -0.856. The fourth-order valence-corrected chi connectivity index (χ4v) is 7.32. The van der Waals surface area contributed by atoms with Gasteiger partial charge in [-0.15, -0.1) is 0 Å². The highest BCUT2D eigenvalue weighted by Gasteiger charge is 2.32. The van der Waals surface area contributed by atoms with Crippen molar-refractivity contribution in [2.24, 2.45) is 0 Å². The zero-order valence-corrected chi connectivity index (χ0v) is 13.0. The first-order chi connectivity index (χ1) is 8.73. The lowest BCUT2D eigenvalue weighted by atomic mass is 9.94. The number of hydrogen-bond donors (Lipinski definition) is 0. The van der Waals surface area contributed by atoms with Crippen LogP contribution >= 0.6 is 0 Å². The summed E-state index contributed by atoms with van der Waals surface area (Å²) in [6.45, 7) is 4.96. The topological polar surface area (TPSA) is 0 Å². The van der Waals surface area contributed by atoms with E-state index in [0.29, 0.717) is 0 Å². The molecule has 0 aliphatic carbocycles. The Labute approximate surface area is 114 Å². The van der Waals surface area contributed by atoms with Gasteiger partial charge in [0.25, 0.3) is 0 Å². The molecule has 1 heteroatoms. The molecule has 18 heavy (non-hydrogen) atoms. The average Bonchev–Trinajstić information content (AvgIpc) is 2.41. The Hall–Kier alpha value is -0.563. The van der Waals surface area contributed by atoms with Crippen LogP contribution in [0.1, 0.15) is 50.5 Å². The molecule has 1 heterocycles. The van der Waals surface area contributed by atoms with Gasteiger partial charge in [-0.3, -0.25) is 0 Å². The summed E-state index contributed by atoms with van der Waals surface area (Å²) in [5.74, 6) is 0.839. The first kappa shape index (κ1) is 13.9. The molecule has 99 valence electrons. The smallest absolute Gasteiger partial charge is 0.0505 e. The van der Waals surface area contributed by atoms with Gasteiger partial charge in [-0.05, 0) is 30.4 Å². The minimum Gasteiger partial charge on any atom is -0.0691 e. The Morgan fingerprint density at radius 3 is 2.44 bits per heavy atom. The summed E-state index contributed by atoms with van der Waals surface area (Å²) in [6, 6.07) is 16.5. The van der Waals surface area contributed by atoms with Crippen LogP contribution in [0.4, 0.5) is 0 Å². The van der Waals surface area contributed by atoms with E-state index in [0.717, 1.165) is 5.92 Å². The van der Waals surface area contributed by atoms with Crippen LogP contribution in [0.25, 0.3) is 0 Å². The molecule has 2 rings (SSSR count). The molecular weight excluding hydrogens is 232 g/mol. The second kappa shape index (κ2) is 6.56. The second-order valence-electron chi connectivity index (χ2n) is 6.38. The first-order valence-corrected chi connectivity index (χ1v) is 10.8. The van der Waals surface area contributed by atoms with Crippen molar-refractivity contribution in [3.05, 3.63) is 35.9 Å². The normalized spacial score (nSPS) is 28.2. The Balaban J connectivity index is 1.84. The fourth-order valence-electron chi connectivity index (χ4n) is 3.37. The SMILES string of the molecule is CCCCC[Si]1(C)CCC(c2cc[c]cc2)CC1. The quantitative estimate of drug-likeness (QED) is 0.474. The highest BCUT2D eigenvalue weighted by Crippen LogP contribution is 2.40. The van der Waals surface area contributed by atoms with Gasteiger partial charge in [0.15, 0.2) is 0 Å². The molecule has 0 spiro atoms. The van der Waals surface area contributed by atoms with Crippen LogP contribution in [0.2, 0.25) is 24.7 Å². The third-order valence-electron chi connectivity index (χ3n) is 4.79. The van der Waals surface area contributed by atoms with E-state index in [2.05, 4.69) is 43.8 Å². The van der Waals surface area contributed by atoms with Gasteiger partial charge < -0.3 is 0 Å². The molecule has 0 aromatic heterocycles. The maximum Gasteiger partial charge on any atom is 0.0505 e. The average molecular weight is 259 g/mol. The Kier molecular flexibility index (Phi) is 5.05. The summed E-state index contributed by atoms with van der Waals surface area (Å²) < 4.78 is 0. The van der Waals surface area contributed by atoms with Crippen LogP contribution in [-0.2, 0) is 0 Å². The lowest BCUT2D eigenvalue weighted by Gasteiger charge is -2.36. The van der Waals surface area contributed by atoms with Gasteiger partial charge in [-0.1, -0.05) is 75.1 Å². The van der Waals surface area contributed by atoms with E-state index in [1.165, 1.54) is 32.1 Å². The van der Waals surface area contributed by atoms with E-state index in [9.17, 15) is 0 Å². The summed E-state index contributed by atoms with van der Waals surface area (Å²) in [5.41, 5.74) is 1.55. The van der Waals surface area contributed by atoms with Crippen LogP contribution in [-0.4, -0.2) is 8.07 Å². The number of unbranched alkanes of at least 4 members (excludes halogenated alkanes) is 2. The van der Waals surface area contributed by atoms with Crippen molar-refractivity contribution < 1.29 is 0 Å².